The molecule has 23 heavy (non-hydrogen) atoms. The van der Waals surface area contributed by atoms with Gasteiger partial charge in [-0.3, -0.25) is 14.9 Å². The minimum atomic E-state index is -0.496. The van der Waals surface area contributed by atoms with Crippen molar-refractivity contribution in [2.24, 2.45) is 0 Å². The van der Waals surface area contributed by atoms with Crippen molar-refractivity contribution in [3.05, 3.63) is 76.0 Å². The number of rotatable bonds is 5. The van der Waals surface area contributed by atoms with Gasteiger partial charge in [0, 0.05) is 11.6 Å². The first-order valence-electron chi connectivity index (χ1n) is 6.64. The van der Waals surface area contributed by atoms with Gasteiger partial charge >= 0.3 is 0 Å². The molecular weight excluding hydrogens is 298 g/mol. The van der Waals surface area contributed by atoms with Crippen LogP contribution in [0.3, 0.4) is 0 Å². The van der Waals surface area contributed by atoms with E-state index < -0.39 is 4.92 Å². The standard InChI is InChI=1S/C9H9NO3.C8H8O2/c1-13-9-4-2-8(3-5-9)6-7-10(11)12;1-10-8-4-2-7(6-9)3-5-8/h2-7H,1H3;2-6H,1H3. The molecule has 0 aliphatic carbocycles. The topological polar surface area (TPSA) is 78.7 Å². The third-order valence-electron chi connectivity index (χ3n) is 2.76. The Morgan fingerprint density at radius 1 is 0.870 bits per heavy atom. The van der Waals surface area contributed by atoms with E-state index in [0.717, 1.165) is 29.5 Å². The number of carbonyl (C=O) groups is 1. The van der Waals surface area contributed by atoms with Crippen LogP contribution in [-0.4, -0.2) is 25.4 Å². The zero-order valence-electron chi connectivity index (χ0n) is 12.8. The molecule has 0 unspecified atom stereocenters. The van der Waals surface area contributed by atoms with E-state index in [2.05, 4.69) is 0 Å². The van der Waals surface area contributed by atoms with Crippen molar-refractivity contribution < 1.29 is 19.2 Å². The van der Waals surface area contributed by atoms with Crippen molar-refractivity contribution in [3.8, 4) is 11.5 Å². The largest absolute Gasteiger partial charge is 0.497 e. The lowest BCUT2D eigenvalue weighted by molar-refractivity contribution is -0.400. The first-order valence-corrected chi connectivity index (χ1v) is 6.64. The Morgan fingerprint density at radius 3 is 1.65 bits per heavy atom. The molecule has 0 aliphatic rings. The van der Waals surface area contributed by atoms with E-state index in [0.29, 0.717) is 5.56 Å². The highest BCUT2D eigenvalue weighted by atomic mass is 16.6. The van der Waals surface area contributed by atoms with Gasteiger partial charge in [-0.25, -0.2) is 0 Å². The van der Waals surface area contributed by atoms with Gasteiger partial charge in [-0.2, -0.15) is 0 Å². The molecule has 120 valence electrons. The Labute approximate surface area is 134 Å². The average molecular weight is 315 g/mol. The average Bonchev–Trinajstić information content (AvgIpc) is 2.61. The van der Waals surface area contributed by atoms with Gasteiger partial charge in [0.25, 0.3) is 0 Å². The molecule has 6 nitrogen and oxygen atoms in total. The molecule has 2 rings (SSSR count). The van der Waals surface area contributed by atoms with Crippen LogP contribution >= 0.6 is 0 Å². The maximum absolute atomic E-state index is 10.2. The van der Waals surface area contributed by atoms with E-state index in [9.17, 15) is 14.9 Å². The third kappa shape index (κ3) is 6.90. The molecule has 6 heteroatoms. The second-order valence-corrected chi connectivity index (χ2v) is 4.27. The summed E-state index contributed by atoms with van der Waals surface area (Å²) in [6.45, 7) is 0. The van der Waals surface area contributed by atoms with E-state index in [1.807, 2.05) is 0 Å². The first kappa shape index (κ1) is 17.9. The number of aldehydes is 1. The van der Waals surface area contributed by atoms with E-state index in [1.54, 1.807) is 62.8 Å². The fourth-order valence-corrected chi connectivity index (χ4v) is 1.54. The molecule has 0 spiro atoms. The summed E-state index contributed by atoms with van der Waals surface area (Å²) in [5, 5.41) is 9.99. The van der Waals surface area contributed by atoms with E-state index in [-0.39, 0.29) is 0 Å². The van der Waals surface area contributed by atoms with Crippen molar-refractivity contribution in [1.82, 2.24) is 0 Å². The summed E-state index contributed by atoms with van der Waals surface area (Å²) < 4.78 is 9.83. The summed E-state index contributed by atoms with van der Waals surface area (Å²) in [5.41, 5.74) is 1.44. The Bertz CT molecular complexity index is 648. The number of hydrogen-bond acceptors (Lipinski definition) is 5. The van der Waals surface area contributed by atoms with Gasteiger partial charge in [-0.1, -0.05) is 12.1 Å². The summed E-state index contributed by atoms with van der Waals surface area (Å²) in [6.07, 6.45) is 3.14. The van der Waals surface area contributed by atoms with Crippen LogP contribution in [0, 0.1) is 10.1 Å². The normalized spacial score (nSPS) is 9.65. The van der Waals surface area contributed by atoms with Gasteiger partial charge in [0.15, 0.2) is 0 Å². The highest BCUT2D eigenvalue weighted by Crippen LogP contribution is 2.12. The second-order valence-electron chi connectivity index (χ2n) is 4.27. The summed E-state index contributed by atoms with van der Waals surface area (Å²) >= 11 is 0. The van der Waals surface area contributed by atoms with E-state index in [4.69, 9.17) is 9.47 Å². The van der Waals surface area contributed by atoms with Crippen molar-refractivity contribution in [2.45, 2.75) is 0 Å². The maximum atomic E-state index is 10.2. The number of benzene rings is 2. The predicted molar refractivity (Wildman–Crippen MR) is 87.4 cm³/mol. The third-order valence-corrected chi connectivity index (χ3v) is 2.76. The van der Waals surface area contributed by atoms with Gasteiger partial charge < -0.3 is 9.47 Å². The van der Waals surface area contributed by atoms with Crippen LogP contribution in [0.1, 0.15) is 15.9 Å². The number of carbonyl (C=O) groups excluding carboxylic acids is 1. The van der Waals surface area contributed by atoms with Crippen LogP contribution in [0.25, 0.3) is 6.08 Å². The van der Waals surface area contributed by atoms with Gasteiger partial charge in [0.05, 0.1) is 19.1 Å². The monoisotopic (exact) mass is 315 g/mol. The molecule has 0 aliphatic heterocycles. The molecule has 0 atom stereocenters. The second kappa shape index (κ2) is 9.73. The molecule has 0 bridgehead atoms. The van der Waals surface area contributed by atoms with Gasteiger partial charge in [-0.05, 0) is 42.0 Å². The minimum absolute atomic E-state index is 0.496. The number of hydrogen-bond donors (Lipinski definition) is 0. The number of nitro groups is 1. The quantitative estimate of drug-likeness (QED) is 0.479. The lowest BCUT2D eigenvalue weighted by atomic mass is 10.2. The minimum Gasteiger partial charge on any atom is -0.497 e. The molecule has 0 radical (unpaired) electrons. The van der Waals surface area contributed by atoms with Gasteiger partial charge in [-0.15, -0.1) is 0 Å². The van der Waals surface area contributed by atoms with E-state index >= 15 is 0 Å². The van der Waals surface area contributed by atoms with Crippen LogP contribution in [0.15, 0.2) is 54.7 Å². The molecule has 0 heterocycles. The SMILES string of the molecule is COc1ccc(C=C[N+](=O)[O-])cc1.COc1ccc(C=O)cc1. The smallest absolute Gasteiger partial charge is 0.235 e. The lowest BCUT2D eigenvalue weighted by Gasteiger charge is -1.97. The first-order chi connectivity index (χ1) is 11.1. The van der Waals surface area contributed by atoms with Crippen molar-refractivity contribution >= 4 is 12.4 Å². The molecule has 2 aromatic rings. The van der Waals surface area contributed by atoms with Crippen molar-refractivity contribution in [1.29, 1.82) is 0 Å². The number of ether oxygens (including phenoxy) is 2. The fraction of sp³-hybridized carbons (Fsp3) is 0.118. The molecule has 0 fully saturated rings. The zero-order chi connectivity index (χ0) is 17.1. The summed E-state index contributed by atoms with van der Waals surface area (Å²) in [6, 6.07) is 13.9. The summed E-state index contributed by atoms with van der Waals surface area (Å²) in [7, 11) is 3.16. The Morgan fingerprint density at radius 2 is 1.30 bits per heavy atom. The molecule has 0 saturated heterocycles. The Balaban J connectivity index is 0.000000238. The molecule has 0 amide bonds. The Kier molecular flexibility index (Phi) is 7.57. The van der Waals surface area contributed by atoms with Gasteiger partial charge in [0.1, 0.15) is 17.8 Å². The fourth-order valence-electron chi connectivity index (χ4n) is 1.54. The summed E-state index contributed by atoms with van der Waals surface area (Å²) in [4.78, 5) is 19.7. The zero-order valence-corrected chi connectivity index (χ0v) is 12.8. The molecule has 0 N–H and O–H groups in total. The van der Waals surface area contributed by atoms with E-state index in [1.165, 1.54) is 6.08 Å². The van der Waals surface area contributed by atoms with Crippen molar-refractivity contribution in [3.63, 3.8) is 0 Å². The molecule has 0 saturated carbocycles. The van der Waals surface area contributed by atoms with Crippen molar-refractivity contribution in [2.75, 3.05) is 14.2 Å². The van der Waals surface area contributed by atoms with Crippen LogP contribution < -0.4 is 9.47 Å². The Hall–Kier alpha value is -3.15. The van der Waals surface area contributed by atoms with Crippen LogP contribution in [0.4, 0.5) is 0 Å². The number of methoxy groups -OCH3 is 2. The predicted octanol–water partition coefficient (Wildman–Crippen LogP) is 3.45. The number of nitrogens with zero attached hydrogens (tertiary/aromatic N) is 1. The lowest BCUT2D eigenvalue weighted by Crippen LogP contribution is -1.83. The molecule has 0 aromatic heterocycles. The summed E-state index contributed by atoms with van der Waals surface area (Å²) in [5.74, 6) is 1.50. The highest BCUT2D eigenvalue weighted by Gasteiger charge is 1.92. The van der Waals surface area contributed by atoms with Crippen LogP contribution in [-0.2, 0) is 0 Å². The van der Waals surface area contributed by atoms with Crippen LogP contribution in [0.5, 0.6) is 11.5 Å². The van der Waals surface area contributed by atoms with Crippen LogP contribution in [0.2, 0.25) is 0 Å². The van der Waals surface area contributed by atoms with Gasteiger partial charge in [0.2, 0.25) is 6.20 Å². The maximum Gasteiger partial charge on any atom is 0.235 e. The highest BCUT2D eigenvalue weighted by molar-refractivity contribution is 5.74. The molecule has 2 aromatic carbocycles. The molecular formula is C17H17NO5.